The fraction of sp³-hybridized carbons (Fsp3) is 0.214. The molecule has 0 atom stereocenters. The van der Waals surface area contributed by atoms with E-state index in [2.05, 4.69) is 14.4 Å². The van der Waals surface area contributed by atoms with E-state index in [1.165, 1.54) is 24.1 Å². The largest absolute Gasteiger partial charge is 0.481 e. The van der Waals surface area contributed by atoms with Crippen LogP contribution in [-0.4, -0.2) is 36.4 Å². The number of sulfonamides is 1. The number of aromatic nitrogens is 3. The van der Waals surface area contributed by atoms with Crippen LogP contribution in [0.3, 0.4) is 0 Å². The zero-order valence-corrected chi connectivity index (χ0v) is 14.8. The summed E-state index contributed by atoms with van der Waals surface area (Å²) in [4.78, 5) is 8.48. The highest BCUT2D eigenvalue weighted by Crippen LogP contribution is 2.20. The van der Waals surface area contributed by atoms with Gasteiger partial charge in [0.1, 0.15) is 0 Å². The van der Waals surface area contributed by atoms with Crippen molar-refractivity contribution in [2.75, 3.05) is 14.2 Å². The van der Waals surface area contributed by atoms with Gasteiger partial charge in [-0.25, -0.2) is 0 Å². The van der Waals surface area contributed by atoms with Crippen LogP contribution < -0.4 is 14.3 Å². The third-order valence-electron chi connectivity index (χ3n) is 3.20. The number of aryl methyl sites for hydroxylation is 1. The SMILES string of the molecule is COc1cc(OC)n2sc(=NS(=O)(=O)c3ccccc3C)nc2n1. The first kappa shape index (κ1) is 16.4. The molecule has 0 bridgehead atoms. The number of nitrogens with zero attached hydrogens (tertiary/aromatic N) is 4. The van der Waals surface area contributed by atoms with Gasteiger partial charge in [-0.05, 0) is 30.1 Å². The van der Waals surface area contributed by atoms with Crippen molar-refractivity contribution in [1.82, 2.24) is 13.8 Å². The summed E-state index contributed by atoms with van der Waals surface area (Å²) in [5, 5.41) is 0. The highest BCUT2D eigenvalue weighted by molar-refractivity contribution is 7.90. The Kier molecular flexibility index (Phi) is 4.24. The van der Waals surface area contributed by atoms with Crippen molar-refractivity contribution < 1.29 is 17.9 Å². The van der Waals surface area contributed by atoms with Gasteiger partial charge in [-0.1, -0.05) is 18.2 Å². The van der Waals surface area contributed by atoms with Crippen LogP contribution in [0.25, 0.3) is 5.78 Å². The lowest BCUT2D eigenvalue weighted by Crippen LogP contribution is -2.07. The van der Waals surface area contributed by atoms with Crippen LogP contribution >= 0.6 is 11.5 Å². The van der Waals surface area contributed by atoms with Gasteiger partial charge < -0.3 is 9.47 Å². The van der Waals surface area contributed by atoms with Gasteiger partial charge in [-0.2, -0.15) is 22.2 Å². The second kappa shape index (κ2) is 6.21. The van der Waals surface area contributed by atoms with Crippen LogP contribution in [0.15, 0.2) is 39.6 Å². The molecule has 0 fully saturated rings. The van der Waals surface area contributed by atoms with Crippen LogP contribution in [-0.2, 0) is 10.0 Å². The molecular formula is C14H14N4O4S2. The molecule has 126 valence electrons. The first-order valence-electron chi connectivity index (χ1n) is 6.80. The maximum atomic E-state index is 12.5. The van der Waals surface area contributed by atoms with Gasteiger partial charge in [0.25, 0.3) is 15.8 Å². The van der Waals surface area contributed by atoms with Crippen molar-refractivity contribution in [2.45, 2.75) is 11.8 Å². The minimum absolute atomic E-state index is 0.0531. The van der Waals surface area contributed by atoms with E-state index in [1.54, 1.807) is 31.2 Å². The van der Waals surface area contributed by atoms with Gasteiger partial charge >= 0.3 is 0 Å². The van der Waals surface area contributed by atoms with E-state index >= 15 is 0 Å². The number of hydrogen-bond donors (Lipinski definition) is 0. The van der Waals surface area contributed by atoms with Crippen LogP contribution in [0.4, 0.5) is 0 Å². The molecule has 2 heterocycles. The Labute approximate surface area is 142 Å². The van der Waals surface area contributed by atoms with Crippen molar-refractivity contribution in [1.29, 1.82) is 0 Å². The molecule has 24 heavy (non-hydrogen) atoms. The van der Waals surface area contributed by atoms with Crippen LogP contribution in [0.2, 0.25) is 0 Å². The first-order valence-corrected chi connectivity index (χ1v) is 9.01. The molecule has 0 spiro atoms. The lowest BCUT2D eigenvalue weighted by Gasteiger charge is -2.03. The number of benzene rings is 1. The molecule has 0 saturated heterocycles. The van der Waals surface area contributed by atoms with E-state index < -0.39 is 10.0 Å². The van der Waals surface area contributed by atoms with Crippen molar-refractivity contribution in [3.05, 3.63) is 40.7 Å². The number of fused-ring (bicyclic) bond motifs is 1. The molecule has 2 aromatic heterocycles. The first-order chi connectivity index (χ1) is 11.4. The van der Waals surface area contributed by atoms with Gasteiger partial charge in [-0.15, -0.1) is 4.40 Å². The molecule has 0 aliphatic rings. The highest BCUT2D eigenvalue weighted by atomic mass is 32.2. The number of ether oxygens (including phenoxy) is 2. The Hall–Kier alpha value is -2.46. The van der Waals surface area contributed by atoms with E-state index in [0.717, 1.165) is 11.5 Å². The number of rotatable bonds is 4. The van der Waals surface area contributed by atoms with Gasteiger partial charge in [0.15, 0.2) is 0 Å². The van der Waals surface area contributed by atoms with Crippen LogP contribution in [0.1, 0.15) is 5.56 Å². The molecule has 1 aromatic carbocycles. The van der Waals surface area contributed by atoms with E-state index in [9.17, 15) is 8.42 Å². The van der Waals surface area contributed by atoms with Gasteiger partial charge in [0.2, 0.25) is 16.6 Å². The fourth-order valence-corrected chi connectivity index (χ4v) is 4.23. The molecule has 0 unspecified atom stereocenters. The molecule has 10 heteroatoms. The molecule has 0 aliphatic heterocycles. The Morgan fingerprint density at radius 3 is 2.58 bits per heavy atom. The Balaban J connectivity index is 2.19. The molecular weight excluding hydrogens is 352 g/mol. The van der Waals surface area contributed by atoms with Crippen molar-refractivity contribution in [3.8, 4) is 11.8 Å². The second-order valence-corrected chi connectivity index (χ2v) is 7.24. The van der Waals surface area contributed by atoms with Gasteiger partial charge in [0, 0.05) is 0 Å². The lowest BCUT2D eigenvalue weighted by atomic mass is 10.2. The lowest BCUT2D eigenvalue weighted by molar-refractivity contribution is 0.372. The quantitative estimate of drug-likeness (QED) is 0.693. The Bertz CT molecular complexity index is 1070. The normalized spacial score (nSPS) is 12.5. The Morgan fingerprint density at radius 1 is 1.17 bits per heavy atom. The third-order valence-corrected chi connectivity index (χ3v) is 5.61. The smallest absolute Gasteiger partial charge is 0.285 e. The number of methoxy groups -OCH3 is 2. The van der Waals surface area contributed by atoms with E-state index in [0.29, 0.717) is 17.3 Å². The minimum Gasteiger partial charge on any atom is -0.481 e. The summed E-state index contributed by atoms with van der Waals surface area (Å²) in [6.45, 7) is 1.71. The van der Waals surface area contributed by atoms with E-state index in [4.69, 9.17) is 9.47 Å². The monoisotopic (exact) mass is 366 g/mol. The summed E-state index contributed by atoms with van der Waals surface area (Å²) in [5.74, 6) is 0.976. The molecule has 3 rings (SSSR count). The summed E-state index contributed by atoms with van der Waals surface area (Å²) in [6, 6.07) is 8.22. The molecule has 0 saturated carbocycles. The second-order valence-electron chi connectivity index (χ2n) is 4.75. The molecule has 0 radical (unpaired) electrons. The third kappa shape index (κ3) is 2.97. The maximum absolute atomic E-state index is 12.5. The summed E-state index contributed by atoms with van der Waals surface area (Å²) < 4.78 is 40.6. The summed E-state index contributed by atoms with van der Waals surface area (Å²) >= 11 is 1.01. The average molecular weight is 366 g/mol. The highest BCUT2D eigenvalue weighted by Gasteiger charge is 2.16. The molecule has 3 aromatic rings. The van der Waals surface area contributed by atoms with Gasteiger partial charge in [0.05, 0.1) is 25.2 Å². The Morgan fingerprint density at radius 2 is 1.92 bits per heavy atom. The molecule has 0 aliphatic carbocycles. The van der Waals surface area contributed by atoms with E-state index in [1.807, 2.05) is 0 Å². The van der Waals surface area contributed by atoms with Gasteiger partial charge in [-0.3, -0.25) is 0 Å². The predicted molar refractivity (Wildman–Crippen MR) is 87.9 cm³/mol. The van der Waals surface area contributed by atoms with Crippen LogP contribution in [0.5, 0.6) is 11.8 Å². The minimum atomic E-state index is -3.87. The standard InChI is InChI=1S/C14H14N4O4S2/c1-9-6-4-5-7-10(9)24(19,20)17-14-16-13-15-11(21-2)8-12(22-3)18(13)23-14/h4-8H,1-3H3. The summed E-state index contributed by atoms with van der Waals surface area (Å²) in [7, 11) is -0.908. The molecule has 0 N–H and O–H groups in total. The van der Waals surface area contributed by atoms with E-state index in [-0.39, 0.29) is 15.5 Å². The predicted octanol–water partition coefficient (Wildman–Crippen LogP) is 1.41. The van der Waals surface area contributed by atoms with Crippen molar-refractivity contribution in [2.24, 2.45) is 4.40 Å². The summed E-state index contributed by atoms with van der Waals surface area (Å²) in [5.41, 5.74) is 0.618. The number of hydrogen-bond acceptors (Lipinski definition) is 7. The fourth-order valence-electron chi connectivity index (χ4n) is 2.06. The summed E-state index contributed by atoms with van der Waals surface area (Å²) in [6.07, 6.45) is 0. The topological polar surface area (TPSA) is 95.2 Å². The molecule has 8 nitrogen and oxygen atoms in total. The zero-order valence-electron chi connectivity index (χ0n) is 13.1. The average Bonchev–Trinajstić information content (AvgIpc) is 2.95. The van der Waals surface area contributed by atoms with Crippen LogP contribution in [0, 0.1) is 6.92 Å². The zero-order chi connectivity index (χ0) is 17.3. The van der Waals surface area contributed by atoms with Crippen molar-refractivity contribution in [3.63, 3.8) is 0 Å². The van der Waals surface area contributed by atoms with Crippen molar-refractivity contribution >= 4 is 27.3 Å². The maximum Gasteiger partial charge on any atom is 0.285 e. The molecule has 0 amide bonds.